The highest BCUT2D eigenvalue weighted by atomic mass is 15.2. The van der Waals surface area contributed by atoms with Gasteiger partial charge in [-0.15, -0.1) is 0 Å². The van der Waals surface area contributed by atoms with E-state index >= 15 is 0 Å². The standard InChI is InChI=1S/C37H33BN2/c1-36(2)27-16-8-10-18-29(27)38(30-19-11-9-17-28(30)36)40-32-21-13-12-20-31(32)39(5)33-23-22-25-24-14-6-7-15-26(24)37(3,4)34(25)35(33)40/h6-23H,1-5H3. The van der Waals surface area contributed by atoms with E-state index in [0.717, 1.165) is 0 Å². The van der Waals surface area contributed by atoms with Gasteiger partial charge in [-0.05, 0) is 62.5 Å². The molecule has 0 amide bonds. The number of rotatable bonds is 1. The monoisotopic (exact) mass is 516 g/mol. The Bertz CT molecular complexity index is 1800. The summed E-state index contributed by atoms with van der Waals surface area (Å²) in [4.78, 5) is 5.08. The summed E-state index contributed by atoms with van der Waals surface area (Å²) >= 11 is 0. The maximum atomic E-state index is 2.68. The molecule has 40 heavy (non-hydrogen) atoms. The third kappa shape index (κ3) is 2.85. The molecule has 0 bridgehead atoms. The lowest BCUT2D eigenvalue weighted by Crippen LogP contribution is -2.63. The van der Waals surface area contributed by atoms with Crippen molar-refractivity contribution in [3.8, 4) is 11.1 Å². The molecule has 5 aromatic rings. The van der Waals surface area contributed by atoms with Crippen molar-refractivity contribution < 1.29 is 0 Å². The number of hydrogen-bond acceptors (Lipinski definition) is 2. The van der Waals surface area contributed by atoms with Gasteiger partial charge >= 0.3 is 6.85 Å². The van der Waals surface area contributed by atoms with Gasteiger partial charge in [0.15, 0.2) is 0 Å². The first-order valence-corrected chi connectivity index (χ1v) is 14.4. The Morgan fingerprint density at radius 3 is 1.73 bits per heavy atom. The zero-order valence-electron chi connectivity index (χ0n) is 23.9. The van der Waals surface area contributed by atoms with E-state index in [1.165, 1.54) is 67.1 Å². The van der Waals surface area contributed by atoms with Crippen molar-refractivity contribution in [2.75, 3.05) is 16.8 Å². The number of hydrogen-bond donors (Lipinski definition) is 0. The number of nitrogens with zero attached hydrogens (tertiary/aromatic N) is 2. The molecule has 2 nitrogen and oxygen atoms in total. The van der Waals surface area contributed by atoms with Gasteiger partial charge in [0.05, 0.1) is 22.7 Å². The van der Waals surface area contributed by atoms with Crippen molar-refractivity contribution in [2.24, 2.45) is 0 Å². The molecular formula is C37H33BN2. The number of benzene rings is 5. The molecule has 0 aromatic heterocycles. The van der Waals surface area contributed by atoms with Crippen LogP contribution in [0.25, 0.3) is 11.1 Å². The molecule has 0 unspecified atom stereocenters. The molecule has 8 rings (SSSR count). The van der Waals surface area contributed by atoms with E-state index in [9.17, 15) is 0 Å². The average Bonchev–Trinajstić information content (AvgIpc) is 3.21. The van der Waals surface area contributed by atoms with Gasteiger partial charge in [-0.1, -0.05) is 119 Å². The minimum absolute atomic E-state index is 0.0556. The van der Waals surface area contributed by atoms with Gasteiger partial charge < -0.3 is 9.71 Å². The molecule has 0 spiro atoms. The lowest BCUT2D eigenvalue weighted by Gasteiger charge is -2.48. The fourth-order valence-corrected chi connectivity index (χ4v) is 8.02. The van der Waals surface area contributed by atoms with E-state index in [0.29, 0.717) is 0 Å². The van der Waals surface area contributed by atoms with Crippen molar-refractivity contribution >= 4 is 40.5 Å². The zero-order chi connectivity index (χ0) is 27.4. The molecule has 1 aliphatic carbocycles. The third-order valence-electron chi connectivity index (χ3n) is 9.89. The Balaban J connectivity index is 1.51. The number of fused-ring (bicyclic) bond motifs is 8. The molecule has 3 heteroatoms. The molecule has 0 radical (unpaired) electrons. The highest BCUT2D eigenvalue weighted by molar-refractivity contribution is 6.90. The van der Waals surface area contributed by atoms with E-state index in [1.54, 1.807) is 0 Å². The van der Waals surface area contributed by atoms with Crippen molar-refractivity contribution in [2.45, 2.75) is 38.5 Å². The van der Waals surface area contributed by atoms with Crippen molar-refractivity contribution in [1.29, 1.82) is 0 Å². The Morgan fingerprint density at radius 2 is 1.05 bits per heavy atom. The lowest BCUT2D eigenvalue weighted by molar-refractivity contribution is 0.645. The summed E-state index contributed by atoms with van der Waals surface area (Å²) in [7, 11) is 2.22. The van der Waals surface area contributed by atoms with Gasteiger partial charge in [-0.3, -0.25) is 0 Å². The molecule has 2 aliphatic heterocycles. The van der Waals surface area contributed by atoms with E-state index in [1.807, 2.05) is 0 Å². The summed E-state index contributed by atoms with van der Waals surface area (Å²) in [5.41, 5.74) is 16.0. The van der Waals surface area contributed by atoms with Crippen LogP contribution in [0.3, 0.4) is 0 Å². The fraction of sp³-hybridized carbons (Fsp3) is 0.189. The molecule has 5 aromatic carbocycles. The lowest BCUT2D eigenvalue weighted by atomic mass is 9.40. The van der Waals surface area contributed by atoms with Crippen LogP contribution in [0.2, 0.25) is 0 Å². The Labute approximate surface area is 238 Å². The largest absolute Gasteiger partial charge is 0.373 e. The van der Waals surface area contributed by atoms with Gasteiger partial charge in [0, 0.05) is 17.9 Å². The van der Waals surface area contributed by atoms with Gasteiger partial charge in [-0.25, -0.2) is 0 Å². The summed E-state index contributed by atoms with van der Waals surface area (Å²) in [6.07, 6.45) is 0. The summed E-state index contributed by atoms with van der Waals surface area (Å²) in [6, 6.07) is 40.9. The Kier molecular flexibility index (Phi) is 4.68. The normalized spacial score (nSPS) is 16.9. The first-order chi connectivity index (χ1) is 19.3. The number of para-hydroxylation sites is 2. The SMILES string of the molecule is CN1c2ccccc2N(B2c3ccccc3C(C)(C)c3ccccc32)c2c1ccc1c2C(C)(C)c2ccccc2-1. The van der Waals surface area contributed by atoms with Gasteiger partial charge in [0.25, 0.3) is 0 Å². The van der Waals surface area contributed by atoms with Gasteiger partial charge in [0.2, 0.25) is 0 Å². The summed E-state index contributed by atoms with van der Waals surface area (Å²) in [6.45, 7) is 9.62. The summed E-state index contributed by atoms with van der Waals surface area (Å²) in [5, 5.41) is 0. The van der Waals surface area contributed by atoms with Crippen LogP contribution >= 0.6 is 0 Å². The molecule has 2 heterocycles. The summed E-state index contributed by atoms with van der Waals surface area (Å²) in [5.74, 6) is 0. The second-order valence-corrected chi connectivity index (χ2v) is 12.6. The van der Waals surface area contributed by atoms with Crippen molar-refractivity contribution in [3.05, 3.63) is 131 Å². The predicted octanol–water partition coefficient (Wildman–Crippen LogP) is 7.66. The van der Waals surface area contributed by atoms with Gasteiger partial charge in [0.1, 0.15) is 0 Å². The quantitative estimate of drug-likeness (QED) is 0.211. The molecular weight excluding hydrogens is 483 g/mol. The minimum atomic E-state index is -0.129. The smallest absolute Gasteiger partial charge is 0.328 e. The Morgan fingerprint density at radius 1 is 0.500 bits per heavy atom. The van der Waals surface area contributed by atoms with Crippen molar-refractivity contribution in [1.82, 2.24) is 0 Å². The van der Waals surface area contributed by atoms with Crippen LogP contribution in [0, 0.1) is 0 Å². The predicted molar refractivity (Wildman–Crippen MR) is 171 cm³/mol. The third-order valence-corrected chi connectivity index (χ3v) is 9.89. The number of anilines is 4. The molecule has 0 saturated carbocycles. The summed E-state index contributed by atoms with van der Waals surface area (Å²) < 4.78 is 0. The second-order valence-electron chi connectivity index (χ2n) is 12.6. The highest BCUT2D eigenvalue weighted by Gasteiger charge is 2.48. The van der Waals surface area contributed by atoms with Crippen LogP contribution < -0.4 is 20.6 Å². The molecule has 194 valence electrons. The van der Waals surface area contributed by atoms with Crippen LogP contribution in [0.15, 0.2) is 109 Å². The van der Waals surface area contributed by atoms with Gasteiger partial charge in [-0.2, -0.15) is 0 Å². The fourth-order valence-electron chi connectivity index (χ4n) is 8.02. The topological polar surface area (TPSA) is 6.48 Å². The van der Waals surface area contributed by atoms with Crippen LogP contribution in [0.5, 0.6) is 0 Å². The molecule has 0 atom stereocenters. The molecule has 0 saturated heterocycles. The minimum Gasteiger partial charge on any atom is -0.373 e. The van der Waals surface area contributed by atoms with E-state index in [4.69, 9.17) is 0 Å². The highest BCUT2D eigenvalue weighted by Crippen LogP contribution is 2.59. The van der Waals surface area contributed by atoms with Crippen LogP contribution in [0.1, 0.15) is 49.9 Å². The van der Waals surface area contributed by atoms with Crippen LogP contribution in [0.4, 0.5) is 22.7 Å². The first-order valence-electron chi connectivity index (χ1n) is 14.4. The maximum absolute atomic E-state index is 2.68. The van der Waals surface area contributed by atoms with Crippen LogP contribution in [-0.4, -0.2) is 13.9 Å². The molecule has 3 aliphatic rings. The Hall–Kier alpha value is -4.24. The molecule has 0 fully saturated rings. The van der Waals surface area contributed by atoms with E-state index < -0.39 is 0 Å². The zero-order valence-corrected chi connectivity index (χ0v) is 23.9. The maximum Gasteiger partial charge on any atom is 0.328 e. The first kappa shape index (κ1) is 23.6. The van der Waals surface area contributed by atoms with E-state index in [2.05, 4.69) is 154 Å². The van der Waals surface area contributed by atoms with E-state index in [-0.39, 0.29) is 17.7 Å². The second kappa shape index (κ2) is 7.91. The average molecular weight is 516 g/mol. The van der Waals surface area contributed by atoms with Crippen LogP contribution in [-0.2, 0) is 10.8 Å². The van der Waals surface area contributed by atoms with Crippen molar-refractivity contribution in [3.63, 3.8) is 0 Å². The molecule has 0 N–H and O–H groups in total.